The van der Waals surface area contributed by atoms with E-state index in [2.05, 4.69) is 20.2 Å². The fourth-order valence-electron chi connectivity index (χ4n) is 2.85. The summed E-state index contributed by atoms with van der Waals surface area (Å²) in [5.74, 6) is -0.0884. The maximum absolute atomic E-state index is 12.4. The van der Waals surface area contributed by atoms with Crippen molar-refractivity contribution in [3.63, 3.8) is 0 Å². The molecule has 0 aromatic carbocycles. The summed E-state index contributed by atoms with van der Waals surface area (Å²) in [6, 6.07) is 1.74. The lowest BCUT2D eigenvalue weighted by Gasteiger charge is -2.33. The molecule has 9 heteroatoms. The second-order valence-corrected chi connectivity index (χ2v) is 5.64. The highest BCUT2D eigenvalue weighted by Gasteiger charge is 2.33. The zero-order valence-corrected chi connectivity index (χ0v) is 12.5. The lowest BCUT2D eigenvalue weighted by atomic mass is 10.0. The first kappa shape index (κ1) is 16.0. The molecule has 0 amide bonds. The van der Waals surface area contributed by atoms with Gasteiger partial charge in [-0.25, -0.2) is 0 Å². The quantitative estimate of drug-likeness (QED) is 0.844. The summed E-state index contributed by atoms with van der Waals surface area (Å²) >= 11 is 0. The standard InChI is InChI=1S/C14H18F3N5O/c15-14(16,17)10-12-19-20-13(23-12)11-4-1-2-6-21(11)8-9-22-7-3-5-18-22/h3,5,7,11H,1-2,4,6,8-10H2/t11-/m0/s1. The molecule has 2 aromatic rings. The minimum Gasteiger partial charge on any atom is -0.423 e. The van der Waals surface area contributed by atoms with Crippen LogP contribution in [0.2, 0.25) is 0 Å². The fraction of sp³-hybridized carbons (Fsp3) is 0.643. The second kappa shape index (κ2) is 6.69. The molecule has 0 bridgehead atoms. The summed E-state index contributed by atoms with van der Waals surface area (Å²) in [5.41, 5.74) is 0. The Kier molecular flexibility index (Phi) is 4.65. The van der Waals surface area contributed by atoms with Gasteiger partial charge in [-0.05, 0) is 25.5 Å². The fourth-order valence-corrected chi connectivity index (χ4v) is 2.85. The van der Waals surface area contributed by atoms with Crippen LogP contribution < -0.4 is 0 Å². The molecule has 3 rings (SSSR count). The summed E-state index contributed by atoms with van der Waals surface area (Å²) in [6.07, 6.45) is 0.949. The first-order valence-corrected chi connectivity index (χ1v) is 7.62. The van der Waals surface area contributed by atoms with E-state index in [-0.39, 0.29) is 17.8 Å². The van der Waals surface area contributed by atoms with E-state index in [9.17, 15) is 13.2 Å². The number of nitrogens with zero attached hydrogens (tertiary/aromatic N) is 5. The van der Waals surface area contributed by atoms with Crippen LogP contribution in [0.3, 0.4) is 0 Å². The van der Waals surface area contributed by atoms with Gasteiger partial charge in [-0.2, -0.15) is 18.3 Å². The van der Waals surface area contributed by atoms with Crippen LogP contribution in [0, 0.1) is 0 Å². The Morgan fingerprint density at radius 2 is 2.09 bits per heavy atom. The highest BCUT2D eigenvalue weighted by atomic mass is 19.4. The topological polar surface area (TPSA) is 60.0 Å². The van der Waals surface area contributed by atoms with Gasteiger partial charge in [-0.1, -0.05) is 6.42 Å². The molecule has 1 fully saturated rings. The maximum atomic E-state index is 12.4. The van der Waals surface area contributed by atoms with Crippen molar-refractivity contribution < 1.29 is 17.6 Å². The highest BCUT2D eigenvalue weighted by molar-refractivity contribution is 4.94. The number of likely N-dealkylation sites (tertiary alicyclic amines) is 1. The lowest BCUT2D eigenvalue weighted by Crippen LogP contribution is -2.36. The van der Waals surface area contributed by atoms with Gasteiger partial charge in [-0.15, -0.1) is 10.2 Å². The summed E-state index contributed by atoms with van der Waals surface area (Å²) in [6.45, 7) is 2.32. The lowest BCUT2D eigenvalue weighted by molar-refractivity contribution is -0.131. The van der Waals surface area contributed by atoms with Gasteiger partial charge in [0, 0.05) is 18.9 Å². The second-order valence-electron chi connectivity index (χ2n) is 5.64. The molecule has 1 saturated heterocycles. The third kappa shape index (κ3) is 4.31. The van der Waals surface area contributed by atoms with Crippen LogP contribution in [0.5, 0.6) is 0 Å². The van der Waals surface area contributed by atoms with E-state index in [1.807, 2.05) is 16.9 Å². The number of piperidine rings is 1. The van der Waals surface area contributed by atoms with Crippen LogP contribution in [-0.4, -0.2) is 44.1 Å². The summed E-state index contributed by atoms with van der Waals surface area (Å²) in [5, 5.41) is 11.5. The van der Waals surface area contributed by atoms with Gasteiger partial charge in [0.25, 0.3) is 0 Å². The van der Waals surface area contributed by atoms with Gasteiger partial charge in [0.1, 0.15) is 6.42 Å². The molecule has 0 N–H and O–H groups in total. The first-order chi connectivity index (χ1) is 11.0. The van der Waals surface area contributed by atoms with Crippen LogP contribution in [0.4, 0.5) is 13.2 Å². The molecule has 0 radical (unpaired) electrons. The Morgan fingerprint density at radius 3 is 2.83 bits per heavy atom. The molecule has 0 spiro atoms. The molecule has 126 valence electrons. The maximum Gasteiger partial charge on any atom is 0.397 e. The van der Waals surface area contributed by atoms with E-state index in [0.29, 0.717) is 6.54 Å². The van der Waals surface area contributed by atoms with Crippen LogP contribution in [-0.2, 0) is 13.0 Å². The zero-order valence-electron chi connectivity index (χ0n) is 12.5. The Hall–Kier alpha value is -1.90. The molecular formula is C14H18F3N5O. The van der Waals surface area contributed by atoms with Gasteiger partial charge in [-0.3, -0.25) is 9.58 Å². The molecule has 2 aromatic heterocycles. The van der Waals surface area contributed by atoms with Crippen molar-refractivity contribution in [2.75, 3.05) is 13.1 Å². The first-order valence-electron chi connectivity index (χ1n) is 7.62. The van der Waals surface area contributed by atoms with E-state index in [1.54, 1.807) is 6.20 Å². The van der Waals surface area contributed by atoms with Crippen molar-refractivity contribution in [2.45, 2.75) is 44.4 Å². The normalized spacial score (nSPS) is 20.0. The van der Waals surface area contributed by atoms with Gasteiger partial charge in [0.2, 0.25) is 11.8 Å². The molecule has 1 aliphatic heterocycles. The number of rotatable bonds is 5. The van der Waals surface area contributed by atoms with E-state index >= 15 is 0 Å². The van der Waals surface area contributed by atoms with E-state index in [0.717, 1.165) is 32.4 Å². The SMILES string of the molecule is FC(F)(F)Cc1nnc([C@@H]2CCCCN2CCn2cccn2)o1. The number of hydrogen-bond acceptors (Lipinski definition) is 5. The largest absolute Gasteiger partial charge is 0.423 e. The molecule has 1 atom stereocenters. The van der Waals surface area contributed by atoms with Crippen LogP contribution in [0.1, 0.15) is 37.1 Å². The molecule has 0 unspecified atom stereocenters. The van der Waals surface area contributed by atoms with Gasteiger partial charge >= 0.3 is 6.18 Å². The van der Waals surface area contributed by atoms with E-state index in [4.69, 9.17) is 4.42 Å². The van der Waals surface area contributed by atoms with Crippen molar-refractivity contribution >= 4 is 0 Å². The predicted molar refractivity (Wildman–Crippen MR) is 74.4 cm³/mol. The minimum absolute atomic E-state index is 0.117. The van der Waals surface area contributed by atoms with Crippen LogP contribution in [0.15, 0.2) is 22.9 Å². The Morgan fingerprint density at radius 1 is 1.22 bits per heavy atom. The van der Waals surface area contributed by atoms with Gasteiger partial charge < -0.3 is 4.42 Å². The van der Waals surface area contributed by atoms with Crippen molar-refractivity contribution in [3.8, 4) is 0 Å². The third-order valence-corrected chi connectivity index (χ3v) is 3.91. The van der Waals surface area contributed by atoms with E-state index < -0.39 is 12.6 Å². The number of alkyl halides is 3. The Labute approximate surface area is 131 Å². The molecule has 0 saturated carbocycles. The minimum atomic E-state index is -4.34. The van der Waals surface area contributed by atoms with Crippen molar-refractivity contribution in [3.05, 3.63) is 30.2 Å². The highest BCUT2D eigenvalue weighted by Crippen LogP contribution is 2.30. The molecule has 3 heterocycles. The number of aromatic nitrogens is 4. The van der Waals surface area contributed by atoms with E-state index in [1.165, 1.54) is 0 Å². The summed E-state index contributed by atoms with van der Waals surface area (Å²) in [7, 11) is 0. The number of halogens is 3. The monoisotopic (exact) mass is 329 g/mol. The van der Waals surface area contributed by atoms with Crippen molar-refractivity contribution in [1.29, 1.82) is 0 Å². The van der Waals surface area contributed by atoms with Crippen LogP contribution in [0.25, 0.3) is 0 Å². The molecule has 23 heavy (non-hydrogen) atoms. The Balaban J connectivity index is 1.66. The average molecular weight is 329 g/mol. The third-order valence-electron chi connectivity index (χ3n) is 3.91. The van der Waals surface area contributed by atoms with Crippen LogP contribution >= 0.6 is 0 Å². The zero-order chi connectivity index (χ0) is 16.3. The van der Waals surface area contributed by atoms with Crippen molar-refractivity contribution in [2.24, 2.45) is 0 Å². The van der Waals surface area contributed by atoms with Crippen molar-refractivity contribution in [1.82, 2.24) is 24.9 Å². The molecule has 0 aliphatic carbocycles. The summed E-state index contributed by atoms with van der Waals surface area (Å²) < 4.78 is 44.3. The molecule has 1 aliphatic rings. The number of hydrogen-bond donors (Lipinski definition) is 0. The molecular weight excluding hydrogens is 311 g/mol. The molecule has 6 nitrogen and oxygen atoms in total. The smallest absolute Gasteiger partial charge is 0.397 e. The van der Waals surface area contributed by atoms with Gasteiger partial charge in [0.05, 0.1) is 12.6 Å². The van der Waals surface area contributed by atoms with Gasteiger partial charge in [0.15, 0.2) is 0 Å². The predicted octanol–water partition coefficient (Wildman–Crippen LogP) is 2.60. The summed E-state index contributed by atoms with van der Waals surface area (Å²) in [4.78, 5) is 2.18. The Bertz CT molecular complexity index is 610. The average Bonchev–Trinajstić information content (AvgIpc) is 3.15.